The van der Waals surface area contributed by atoms with Gasteiger partial charge in [-0.25, -0.2) is 9.97 Å². The van der Waals surface area contributed by atoms with Gasteiger partial charge in [0.15, 0.2) is 0 Å². The molecule has 0 unspecified atom stereocenters. The number of aromatic amines is 1. The van der Waals surface area contributed by atoms with Crippen molar-refractivity contribution in [2.24, 2.45) is 0 Å². The first-order chi connectivity index (χ1) is 15.2. The van der Waals surface area contributed by atoms with E-state index in [-0.39, 0.29) is 0 Å². The van der Waals surface area contributed by atoms with Gasteiger partial charge in [0.2, 0.25) is 5.95 Å². The molecule has 0 spiro atoms. The minimum absolute atomic E-state index is 0.380. The SMILES string of the molecule is COc1ccc2[nH]cc(-c3nc(N[C@@H]4CCC[C@H](N5CCNCC5)C4)ncc3Cl)c2c1. The van der Waals surface area contributed by atoms with Gasteiger partial charge in [0.05, 0.1) is 24.0 Å². The minimum Gasteiger partial charge on any atom is -0.497 e. The van der Waals surface area contributed by atoms with Crippen molar-refractivity contribution >= 4 is 28.5 Å². The van der Waals surface area contributed by atoms with Crippen LogP contribution >= 0.6 is 11.6 Å². The molecular formula is C23H29ClN6O. The van der Waals surface area contributed by atoms with Crippen LogP contribution in [0, 0.1) is 0 Å². The quantitative estimate of drug-likeness (QED) is 0.558. The average Bonchev–Trinajstić information content (AvgIpc) is 3.24. The van der Waals surface area contributed by atoms with Crippen molar-refractivity contribution in [2.75, 3.05) is 38.6 Å². The molecule has 0 bridgehead atoms. The van der Waals surface area contributed by atoms with Crippen molar-refractivity contribution in [1.82, 2.24) is 25.2 Å². The molecule has 0 amide bonds. The van der Waals surface area contributed by atoms with Crippen LogP contribution in [-0.4, -0.2) is 65.2 Å². The molecule has 3 aromatic rings. The monoisotopic (exact) mass is 440 g/mol. The van der Waals surface area contributed by atoms with Crippen molar-refractivity contribution in [1.29, 1.82) is 0 Å². The number of hydrogen-bond acceptors (Lipinski definition) is 6. The number of H-pyrrole nitrogens is 1. The normalized spacial score (nSPS) is 22.5. The van der Waals surface area contributed by atoms with Gasteiger partial charge in [-0.2, -0.15) is 0 Å². The summed E-state index contributed by atoms with van der Waals surface area (Å²) in [7, 11) is 1.67. The number of rotatable bonds is 5. The molecule has 1 saturated carbocycles. The Morgan fingerprint density at radius 2 is 2.10 bits per heavy atom. The molecule has 0 radical (unpaired) electrons. The summed E-state index contributed by atoms with van der Waals surface area (Å²) in [6.45, 7) is 4.47. The Labute approximate surface area is 187 Å². The van der Waals surface area contributed by atoms with E-state index in [0.717, 1.165) is 66.9 Å². The highest BCUT2D eigenvalue weighted by Crippen LogP contribution is 2.34. The standard InChI is InChI=1S/C23H29ClN6O/c1-31-17-5-6-21-18(12-17)19(13-26-21)22-20(24)14-27-23(29-22)28-15-3-2-4-16(11-15)30-9-7-25-8-10-30/h5-6,12-16,25-26H,2-4,7-11H2,1H3,(H,27,28,29)/t15-,16+/m1/s1. The van der Waals surface area contributed by atoms with Gasteiger partial charge in [-0.15, -0.1) is 0 Å². The summed E-state index contributed by atoms with van der Waals surface area (Å²) in [4.78, 5) is 15.2. The second-order valence-electron chi connectivity index (χ2n) is 8.45. The lowest BCUT2D eigenvalue weighted by Crippen LogP contribution is -2.50. The number of hydrogen-bond donors (Lipinski definition) is 3. The molecule has 8 heteroatoms. The van der Waals surface area contributed by atoms with E-state index in [4.69, 9.17) is 21.3 Å². The number of benzene rings is 1. The fraction of sp³-hybridized carbons (Fsp3) is 0.478. The Balaban J connectivity index is 1.36. The maximum atomic E-state index is 6.52. The number of nitrogens with one attached hydrogen (secondary N) is 3. The lowest BCUT2D eigenvalue weighted by molar-refractivity contribution is 0.134. The Morgan fingerprint density at radius 1 is 1.23 bits per heavy atom. The van der Waals surface area contributed by atoms with Crippen molar-refractivity contribution in [3.05, 3.63) is 35.6 Å². The van der Waals surface area contributed by atoms with Gasteiger partial charge in [-0.05, 0) is 43.9 Å². The molecule has 164 valence electrons. The smallest absolute Gasteiger partial charge is 0.223 e. The van der Waals surface area contributed by atoms with Gasteiger partial charge >= 0.3 is 0 Å². The van der Waals surface area contributed by atoms with E-state index in [1.807, 2.05) is 24.4 Å². The summed E-state index contributed by atoms with van der Waals surface area (Å²) >= 11 is 6.52. The molecule has 1 aliphatic heterocycles. The fourth-order valence-corrected chi connectivity index (χ4v) is 5.10. The third-order valence-corrected chi connectivity index (χ3v) is 6.81. The third-order valence-electron chi connectivity index (χ3n) is 6.54. The zero-order valence-electron chi connectivity index (χ0n) is 17.8. The number of fused-ring (bicyclic) bond motifs is 1. The lowest BCUT2D eigenvalue weighted by Gasteiger charge is -2.39. The molecule has 7 nitrogen and oxygen atoms in total. The summed E-state index contributed by atoms with van der Waals surface area (Å²) in [5.74, 6) is 1.45. The number of ether oxygens (including phenoxy) is 1. The van der Waals surface area contributed by atoms with Crippen molar-refractivity contribution in [3.8, 4) is 17.0 Å². The number of methoxy groups -OCH3 is 1. The highest BCUT2D eigenvalue weighted by atomic mass is 35.5. The van der Waals surface area contributed by atoms with Gasteiger partial charge in [0.25, 0.3) is 0 Å². The number of anilines is 1. The highest BCUT2D eigenvalue weighted by Gasteiger charge is 2.28. The van der Waals surface area contributed by atoms with Gasteiger partial charge in [-0.3, -0.25) is 4.90 Å². The van der Waals surface area contributed by atoms with E-state index >= 15 is 0 Å². The lowest BCUT2D eigenvalue weighted by atomic mass is 9.89. The molecule has 2 aromatic heterocycles. The molecule has 31 heavy (non-hydrogen) atoms. The van der Waals surface area contributed by atoms with Crippen LogP contribution in [0.3, 0.4) is 0 Å². The van der Waals surface area contributed by atoms with E-state index in [2.05, 4.69) is 25.5 Å². The van der Waals surface area contributed by atoms with E-state index in [0.29, 0.717) is 23.1 Å². The van der Waals surface area contributed by atoms with E-state index in [1.165, 1.54) is 12.8 Å². The van der Waals surface area contributed by atoms with Gasteiger partial charge in [-0.1, -0.05) is 11.6 Å². The predicted molar refractivity (Wildman–Crippen MR) is 125 cm³/mol. The number of aromatic nitrogens is 3. The second-order valence-corrected chi connectivity index (χ2v) is 8.86. The molecule has 1 aliphatic carbocycles. The first-order valence-corrected chi connectivity index (χ1v) is 11.5. The van der Waals surface area contributed by atoms with E-state index < -0.39 is 0 Å². The third kappa shape index (κ3) is 4.35. The zero-order chi connectivity index (χ0) is 21.2. The maximum absolute atomic E-state index is 6.52. The van der Waals surface area contributed by atoms with Gasteiger partial charge in [0, 0.05) is 60.9 Å². The van der Waals surface area contributed by atoms with Crippen LogP contribution < -0.4 is 15.4 Å². The number of nitrogens with zero attached hydrogens (tertiary/aromatic N) is 3. The van der Waals surface area contributed by atoms with Crippen molar-refractivity contribution < 1.29 is 4.74 Å². The Morgan fingerprint density at radius 3 is 2.94 bits per heavy atom. The van der Waals surface area contributed by atoms with Crippen LogP contribution in [-0.2, 0) is 0 Å². The molecule has 2 atom stereocenters. The predicted octanol–water partition coefficient (Wildman–Crippen LogP) is 3.92. The number of halogens is 1. The maximum Gasteiger partial charge on any atom is 0.223 e. The van der Waals surface area contributed by atoms with Crippen LogP contribution in [0.4, 0.5) is 5.95 Å². The number of piperazine rings is 1. The fourth-order valence-electron chi connectivity index (χ4n) is 4.90. The minimum atomic E-state index is 0.380. The van der Waals surface area contributed by atoms with Crippen molar-refractivity contribution in [3.63, 3.8) is 0 Å². The molecular weight excluding hydrogens is 412 g/mol. The summed E-state index contributed by atoms with van der Waals surface area (Å²) < 4.78 is 5.40. The van der Waals surface area contributed by atoms with Crippen LogP contribution in [0.1, 0.15) is 25.7 Å². The summed E-state index contributed by atoms with van der Waals surface area (Å²) in [5.41, 5.74) is 2.70. The van der Waals surface area contributed by atoms with Gasteiger partial charge < -0.3 is 20.4 Å². The van der Waals surface area contributed by atoms with E-state index in [9.17, 15) is 0 Å². The highest BCUT2D eigenvalue weighted by molar-refractivity contribution is 6.33. The second kappa shape index (κ2) is 9.02. The molecule has 3 N–H and O–H groups in total. The average molecular weight is 441 g/mol. The molecule has 2 fully saturated rings. The first kappa shape index (κ1) is 20.5. The molecule has 2 aliphatic rings. The topological polar surface area (TPSA) is 78.1 Å². The molecule has 3 heterocycles. The Bertz CT molecular complexity index is 1050. The van der Waals surface area contributed by atoms with Gasteiger partial charge in [0.1, 0.15) is 5.75 Å². The van der Waals surface area contributed by atoms with Crippen LogP contribution in [0.15, 0.2) is 30.6 Å². The summed E-state index contributed by atoms with van der Waals surface area (Å²) in [6, 6.07) is 6.97. The van der Waals surface area contributed by atoms with Crippen molar-refractivity contribution in [2.45, 2.75) is 37.8 Å². The Kier molecular flexibility index (Phi) is 5.98. The molecule has 5 rings (SSSR count). The van der Waals surface area contributed by atoms with Crippen LogP contribution in [0.5, 0.6) is 5.75 Å². The largest absolute Gasteiger partial charge is 0.497 e. The first-order valence-electron chi connectivity index (χ1n) is 11.1. The van der Waals surface area contributed by atoms with Crippen LogP contribution in [0.25, 0.3) is 22.2 Å². The molecule has 1 aromatic carbocycles. The Hall–Kier alpha value is -2.35. The van der Waals surface area contributed by atoms with Crippen LogP contribution in [0.2, 0.25) is 5.02 Å². The summed E-state index contributed by atoms with van der Waals surface area (Å²) in [5, 5.41) is 8.61. The van der Waals surface area contributed by atoms with E-state index in [1.54, 1.807) is 13.3 Å². The molecule has 1 saturated heterocycles. The zero-order valence-corrected chi connectivity index (χ0v) is 18.6. The summed E-state index contributed by atoms with van der Waals surface area (Å²) in [6.07, 6.45) is 8.43.